The van der Waals surface area contributed by atoms with Crippen molar-refractivity contribution >= 4 is 21.6 Å². The van der Waals surface area contributed by atoms with E-state index in [1.807, 2.05) is 24.0 Å². The Bertz CT molecular complexity index is 774. The quantitative estimate of drug-likeness (QED) is 0.269. The molecule has 0 aromatic carbocycles. The van der Waals surface area contributed by atoms with Crippen molar-refractivity contribution in [1.82, 2.24) is 5.32 Å². The second-order valence-corrected chi connectivity index (χ2v) is 14.7. The molecule has 0 saturated heterocycles. The highest BCUT2D eigenvalue weighted by molar-refractivity contribution is 8.77. The lowest BCUT2D eigenvalue weighted by atomic mass is 9.43. The Hall–Kier alpha value is -0.480. The van der Waals surface area contributed by atoms with Crippen LogP contribution in [0.5, 0.6) is 0 Å². The third-order valence-corrected chi connectivity index (χ3v) is 12.9. The number of hydrogen-bond acceptors (Lipinski definition) is 4. The number of rotatable bonds is 8. The second-order valence-electron chi connectivity index (χ2n) is 12.0. The molecule has 2 nitrogen and oxygen atoms in total. The Morgan fingerprint density at radius 1 is 1.24 bits per heavy atom. The van der Waals surface area contributed by atoms with Crippen LogP contribution in [0.4, 0.5) is 0 Å². The molecule has 8 atom stereocenters. The lowest BCUT2D eigenvalue weighted by molar-refractivity contribution is -0.0743. The molecule has 8 unspecified atom stereocenters. The van der Waals surface area contributed by atoms with Crippen LogP contribution in [-0.2, 0) is 0 Å². The Labute approximate surface area is 211 Å². The van der Waals surface area contributed by atoms with Crippen molar-refractivity contribution in [2.45, 2.75) is 90.7 Å². The summed E-state index contributed by atoms with van der Waals surface area (Å²) < 4.78 is 0. The van der Waals surface area contributed by atoms with Crippen molar-refractivity contribution in [2.75, 3.05) is 12.8 Å². The highest BCUT2D eigenvalue weighted by Gasteiger charge is 2.57. The summed E-state index contributed by atoms with van der Waals surface area (Å²) in [6, 6.07) is 0. The first-order chi connectivity index (χ1) is 15.8. The van der Waals surface area contributed by atoms with E-state index in [0.717, 1.165) is 46.3 Å². The van der Waals surface area contributed by atoms with Gasteiger partial charge in [0.15, 0.2) is 0 Å². The van der Waals surface area contributed by atoms with Gasteiger partial charge in [0.05, 0.1) is 0 Å². The van der Waals surface area contributed by atoms with Gasteiger partial charge >= 0.3 is 0 Å². The highest BCUT2D eigenvalue weighted by Crippen LogP contribution is 2.65. The molecule has 2 fully saturated rings. The fourth-order valence-electron chi connectivity index (χ4n) is 8.41. The lowest BCUT2D eigenvalue weighted by Crippen LogP contribution is -2.53. The first-order valence-corrected chi connectivity index (χ1v) is 16.0. The van der Waals surface area contributed by atoms with E-state index in [1.54, 1.807) is 5.57 Å². The molecule has 0 amide bonds. The van der Waals surface area contributed by atoms with Gasteiger partial charge in [0.2, 0.25) is 0 Å². The zero-order chi connectivity index (χ0) is 23.6. The fourth-order valence-corrected chi connectivity index (χ4v) is 11.0. The van der Waals surface area contributed by atoms with Gasteiger partial charge in [-0.05, 0) is 85.4 Å². The zero-order valence-corrected chi connectivity index (χ0v) is 23.4. The van der Waals surface area contributed by atoms with E-state index in [1.165, 1.54) is 57.8 Å². The van der Waals surface area contributed by atoms with Crippen molar-refractivity contribution in [2.24, 2.45) is 46.2 Å². The number of allylic oxidation sites excluding steroid dienone is 4. The molecule has 0 radical (unpaired) electrons. The van der Waals surface area contributed by atoms with Gasteiger partial charge in [-0.2, -0.15) is 0 Å². The van der Waals surface area contributed by atoms with Gasteiger partial charge in [-0.1, -0.05) is 85.9 Å². The van der Waals surface area contributed by atoms with Gasteiger partial charge in [0.25, 0.3) is 0 Å². The number of hydrogen-bond donors (Lipinski definition) is 2. The molecule has 33 heavy (non-hydrogen) atoms. The summed E-state index contributed by atoms with van der Waals surface area (Å²) in [6.07, 6.45) is 22.1. The molecule has 2 saturated carbocycles. The first kappa shape index (κ1) is 25.6. The standard InChI is InChI=1S/C29H48N2S2/c1-6-8-20(2)25-9-7-10-26-24-12-11-21-17-23(33-32-19-22(30)18-31-5)13-15-28(21,3)27(24)14-16-29(25,26)4/h7,9,11,18,20,23-27,31H,6,8,10,12-17,19,30H2,1-5H3/b22-18-. The summed E-state index contributed by atoms with van der Waals surface area (Å²) >= 11 is 0. The normalized spacial score (nSPS) is 41.4. The van der Waals surface area contributed by atoms with Crippen molar-refractivity contribution in [3.05, 3.63) is 35.7 Å². The van der Waals surface area contributed by atoms with Crippen LogP contribution in [0, 0.1) is 40.4 Å². The Morgan fingerprint density at radius 3 is 2.82 bits per heavy atom. The topological polar surface area (TPSA) is 38.0 Å². The monoisotopic (exact) mass is 488 g/mol. The van der Waals surface area contributed by atoms with Crippen LogP contribution in [0.3, 0.4) is 0 Å². The molecular formula is C29H48N2S2. The average Bonchev–Trinajstić information content (AvgIpc) is 2.78. The maximum Gasteiger partial charge on any atom is 0.0449 e. The molecule has 0 aromatic rings. The maximum absolute atomic E-state index is 6.06. The Kier molecular flexibility index (Phi) is 8.26. The Balaban J connectivity index is 1.45. The van der Waals surface area contributed by atoms with Crippen LogP contribution in [0.15, 0.2) is 35.7 Å². The maximum atomic E-state index is 6.06. The van der Waals surface area contributed by atoms with Crippen molar-refractivity contribution in [1.29, 1.82) is 0 Å². The van der Waals surface area contributed by atoms with Gasteiger partial charge in [-0.25, -0.2) is 0 Å². The molecule has 3 N–H and O–H groups in total. The van der Waals surface area contributed by atoms with Gasteiger partial charge in [-0.3, -0.25) is 0 Å². The summed E-state index contributed by atoms with van der Waals surface area (Å²) in [4.78, 5) is 0. The zero-order valence-electron chi connectivity index (χ0n) is 21.7. The van der Waals surface area contributed by atoms with Crippen LogP contribution in [0.1, 0.15) is 85.5 Å². The van der Waals surface area contributed by atoms with E-state index in [-0.39, 0.29) is 0 Å². The number of fused-ring (bicyclic) bond motifs is 5. The number of nitrogens with two attached hydrogens (primary N) is 1. The van der Waals surface area contributed by atoms with Gasteiger partial charge in [-0.15, -0.1) is 0 Å². The molecule has 0 heterocycles. The summed E-state index contributed by atoms with van der Waals surface area (Å²) in [5.41, 5.74) is 9.76. The van der Waals surface area contributed by atoms with E-state index < -0.39 is 0 Å². The minimum atomic E-state index is 0.447. The molecule has 4 heteroatoms. The summed E-state index contributed by atoms with van der Waals surface area (Å²) in [7, 11) is 5.93. The van der Waals surface area contributed by atoms with Crippen molar-refractivity contribution < 1.29 is 0 Å². The summed E-state index contributed by atoms with van der Waals surface area (Å²) in [5, 5.41) is 3.79. The van der Waals surface area contributed by atoms with Crippen LogP contribution < -0.4 is 11.1 Å². The molecule has 0 aromatic heterocycles. The third-order valence-electron chi connectivity index (χ3n) is 10.1. The van der Waals surface area contributed by atoms with E-state index in [2.05, 4.69) is 62.0 Å². The molecule has 4 aliphatic rings. The molecule has 0 aliphatic heterocycles. The molecule has 4 aliphatic carbocycles. The minimum absolute atomic E-state index is 0.447. The van der Waals surface area contributed by atoms with E-state index >= 15 is 0 Å². The van der Waals surface area contributed by atoms with Crippen molar-refractivity contribution in [3.63, 3.8) is 0 Å². The Morgan fingerprint density at radius 2 is 2.06 bits per heavy atom. The molecular weight excluding hydrogens is 440 g/mol. The van der Waals surface area contributed by atoms with E-state index in [0.29, 0.717) is 10.8 Å². The molecule has 0 bridgehead atoms. The third kappa shape index (κ3) is 4.95. The molecule has 0 spiro atoms. The first-order valence-electron chi connectivity index (χ1n) is 13.6. The van der Waals surface area contributed by atoms with Gasteiger partial charge < -0.3 is 11.1 Å². The van der Waals surface area contributed by atoms with Gasteiger partial charge in [0, 0.05) is 29.9 Å². The van der Waals surface area contributed by atoms with E-state index in [9.17, 15) is 0 Å². The van der Waals surface area contributed by atoms with Gasteiger partial charge in [0.1, 0.15) is 0 Å². The smallest absolute Gasteiger partial charge is 0.0449 e. The van der Waals surface area contributed by atoms with Crippen LogP contribution in [0.25, 0.3) is 0 Å². The molecule has 4 rings (SSSR count). The summed E-state index contributed by atoms with van der Waals surface area (Å²) in [5.74, 6) is 5.19. The number of nitrogens with one attached hydrogen (secondary N) is 1. The predicted octanol–water partition coefficient (Wildman–Crippen LogP) is 7.94. The highest BCUT2D eigenvalue weighted by atomic mass is 33.1. The fraction of sp³-hybridized carbons (Fsp3) is 0.793. The lowest BCUT2D eigenvalue weighted by Gasteiger charge is -2.61. The van der Waals surface area contributed by atoms with E-state index in [4.69, 9.17) is 5.73 Å². The minimum Gasteiger partial charge on any atom is -0.400 e. The van der Waals surface area contributed by atoms with Crippen LogP contribution in [-0.4, -0.2) is 18.1 Å². The second kappa shape index (κ2) is 10.6. The average molecular weight is 489 g/mol. The SMILES string of the molecule is CCCC(C)C1C=CCC2C3CC=C4CC(SSC/C(N)=C/NC)CCC4(C)C3CCC12C. The van der Waals surface area contributed by atoms with Crippen LogP contribution in [0.2, 0.25) is 0 Å². The van der Waals surface area contributed by atoms with Crippen molar-refractivity contribution in [3.8, 4) is 0 Å². The predicted molar refractivity (Wildman–Crippen MR) is 149 cm³/mol. The largest absolute Gasteiger partial charge is 0.400 e. The molecule has 186 valence electrons. The summed E-state index contributed by atoms with van der Waals surface area (Å²) in [6.45, 7) is 10.2. The van der Waals surface area contributed by atoms with Crippen LogP contribution >= 0.6 is 21.6 Å².